The minimum absolute atomic E-state index is 0.0632. The number of hydrogen-bond acceptors (Lipinski definition) is 6. The Morgan fingerprint density at radius 1 is 1.30 bits per heavy atom. The molecular weight excluding hydrogens is 289 g/mol. The molecule has 2 unspecified atom stereocenters. The fourth-order valence-electron chi connectivity index (χ4n) is 1.21. The molecule has 0 saturated heterocycles. The topological polar surface area (TPSA) is 114 Å². The summed E-state index contributed by atoms with van der Waals surface area (Å²) in [6.45, 7) is 2.55. The van der Waals surface area contributed by atoms with E-state index in [0.717, 1.165) is 0 Å². The van der Waals surface area contributed by atoms with Crippen molar-refractivity contribution in [1.82, 2.24) is 5.32 Å². The number of carboxylic acid groups (broad SMARTS) is 1. The smallest absolute Gasteiger partial charge is 0.472 e. The van der Waals surface area contributed by atoms with E-state index in [-0.39, 0.29) is 25.7 Å². The van der Waals surface area contributed by atoms with Crippen LogP contribution in [0.4, 0.5) is 0 Å². The highest BCUT2D eigenvalue weighted by Crippen LogP contribution is 2.42. The third kappa shape index (κ3) is 12.5. The zero-order valence-electron chi connectivity index (χ0n) is 11.9. The molecule has 20 heavy (non-hydrogen) atoms. The number of unbranched alkanes of at least 4 members (excludes halogenated alkanes) is 1. The van der Waals surface area contributed by atoms with Crippen molar-refractivity contribution >= 4 is 13.8 Å². The molecule has 0 aromatic rings. The third-order valence-electron chi connectivity index (χ3n) is 2.27. The number of aliphatic carboxylic acids is 1. The van der Waals surface area contributed by atoms with E-state index in [0.29, 0.717) is 26.0 Å². The van der Waals surface area contributed by atoms with Crippen LogP contribution in [0.5, 0.6) is 0 Å². The minimum atomic E-state index is -4.03. The Kier molecular flexibility index (Phi) is 10.9. The number of hydrogen-bond donors (Lipinski definition) is 3. The van der Waals surface area contributed by atoms with Crippen LogP contribution in [-0.2, 0) is 23.1 Å². The molecule has 9 heteroatoms. The Labute approximate surface area is 119 Å². The summed E-state index contributed by atoms with van der Waals surface area (Å²) in [4.78, 5) is 19.6. The van der Waals surface area contributed by atoms with Gasteiger partial charge in [-0.25, -0.2) is 4.57 Å². The number of carbonyl (C=O) groups is 1. The van der Waals surface area contributed by atoms with E-state index in [9.17, 15) is 14.3 Å². The van der Waals surface area contributed by atoms with Crippen molar-refractivity contribution in [3.63, 3.8) is 0 Å². The molecule has 0 spiro atoms. The standard InChI is InChI=1S/C11H24NO7P/c1-10(17-7-4-3-5-11(13)14)9-19-20(15,16)18-8-6-12-2/h10,12H,3-9H2,1-2H3,(H,13,14)(H,15,16). The van der Waals surface area contributed by atoms with Crippen LogP contribution in [0.1, 0.15) is 26.2 Å². The van der Waals surface area contributed by atoms with Crippen LogP contribution in [0.3, 0.4) is 0 Å². The maximum atomic E-state index is 11.4. The van der Waals surface area contributed by atoms with Crippen molar-refractivity contribution in [2.75, 3.05) is 33.4 Å². The van der Waals surface area contributed by atoms with Gasteiger partial charge in [-0.05, 0) is 26.8 Å². The Balaban J connectivity index is 3.62. The van der Waals surface area contributed by atoms with Crippen molar-refractivity contribution in [3.8, 4) is 0 Å². The summed E-state index contributed by atoms with van der Waals surface area (Å²) in [6, 6.07) is 0. The lowest BCUT2D eigenvalue weighted by molar-refractivity contribution is -0.137. The third-order valence-corrected chi connectivity index (χ3v) is 3.25. The largest absolute Gasteiger partial charge is 0.481 e. The highest BCUT2D eigenvalue weighted by molar-refractivity contribution is 7.47. The fraction of sp³-hybridized carbons (Fsp3) is 0.909. The van der Waals surface area contributed by atoms with Gasteiger partial charge in [0.2, 0.25) is 0 Å². The summed E-state index contributed by atoms with van der Waals surface area (Å²) < 4.78 is 26.2. The summed E-state index contributed by atoms with van der Waals surface area (Å²) in [5.74, 6) is -0.832. The first kappa shape index (κ1) is 19.5. The molecule has 3 N–H and O–H groups in total. The zero-order chi connectivity index (χ0) is 15.4. The zero-order valence-corrected chi connectivity index (χ0v) is 12.8. The van der Waals surface area contributed by atoms with Gasteiger partial charge in [0.25, 0.3) is 0 Å². The number of ether oxygens (including phenoxy) is 1. The van der Waals surface area contributed by atoms with Crippen LogP contribution in [0.25, 0.3) is 0 Å². The van der Waals surface area contributed by atoms with Gasteiger partial charge in [0.05, 0.1) is 19.3 Å². The second kappa shape index (κ2) is 11.2. The van der Waals surface area contributed by atoms with Crippen LogP contribution in [0, 0.1) is 0 Å². The van der Waals surface area contributed by atoms with Gasteiger partial charge in [-0.15, -0.1) is 0 Å². The molecule has 0 saturated carbocycles. The lowest BCUT2D eigenvalue weighted by Gasteiger charge is -2.16. The van der Waals surface area contributed by atoms with Crippen LogP contribution in [0.15, 0.2) is 0 Å². The molecule has 0 aliphatic rings. The van der Waals surface area contributed by atoms with Crippen molar-refractivity contribution in [2.45, 2.75) is 32.3 Å². The van der Waals surface area contributed by atoms with Gasteiger partial charge >= 0.3 is 13.8 Å². The number of phosphoric ester groups is 1. The fourth-order valence-corrected chi connectivity index (χ4v) is 2.01. The van der Waals surface area contributed by atoms with E-state index < -0.39 is 13.8 Å². The van der Waals surface area contributed by atoms with Crippen molar-refractivity contribution < 1.29 is 33.1 Å². The number of phosphoric acid groups is 1. The number of rotatable bonds is 13. The van der Waals surface area contributed by atoms with Gasteiger partial charge in [-0.3, -0.25) is 13.8 Å². The summed E-state index contributed by atoms with van der Waals surface area (Å²) in [6.07, 6.45) is 0.896. The molecule has 0 radical (unpaired) electrons. The number of nitrogens with one attached hydrogen (secondary N) is 1. The average Bonchev–Trinajstić information content (AvgIpc) is 2.36. The second-order valence-electron chi connectivity index (χ2n) is 4.23. The molecule has 0 amide bonds. The molecule has 0 aromatic carbocycles. The maximum Gasteiger partial charge on any atom is 0.472 e. The first-order chi connectivity index (χ1) is 9.37. The van der Waals surface area contributed by atoms with Crippen LogP contribution in [0.2, 0.25) is 0 Å². The van der Waals surface area contributed by atoms with E-state index >= 15 is 0 Å². The van der Waals surface area contributed by atoms with E-state index in [2.05, 4.69) is 5.32 Å². The predicted molar refractivity (Wildman–Crippen MR) is 72.6 cm³/mol. The van der Waals surface area contributed by atoms with Gasteiger partial charge in [0.1, 0.15) is 0 Å². The van der Waals surface area contributed by atoms with Crippen molar-refractivity contribution in [1.29, 1.82) is 0 Å². The monoisotopic (exact) mass is 313 g/mol. The van der Waals surface area contributed by atoms with E-state index in [1.54, 1.807) is 14.0 Å². The Morgan fingerprint density at radius 2 is 2.00 bits per heavy atom. The summed E-state index contributed by atoms with van der Waals surface area (Å²) in [5, 5.41) is 11.2. The van der Waals surface area contributed by atoms with Gasteiger partial charge in [-0.1, -0.05) is 0 Å². The Bertz CT molecular complexity index is 313. The average molecular weight is 313 g/mol. The Hall–Kier alpha value is -0.500. The first-order valence-corrected chi connectivity index (χ1v) is 7.97. The quantitative estimate of drug-likeness (QED) is 0.341. The lowest BCUT2D eigenvalue weighted by atomic mass is 10.2. The Morgan fingerprint density at radius 3 is 2.60 bits per heavy atom. The van der Waals surface area contributed by atoms with Gasteiger partial charge < -0.3 is 20.1 Å². The first-order valence-electron chi connectivity index (χ1n) is 6.47. The molecule has 0 aromatic heterocycles. The van der Waals surface area contributed by atoms with Crippen molar-refractivity contribution in [2.24, 2.45) is 0 Å². The summed E-state index contributed by atoms with van der Waals surface area (Å²) in [5.41, 5.74) is 0. The second-order valence-corrected chi connectivity index (χ2v) is 5.69. The van der Waals surface area contributed by atoms with Gasteiger partial charge in [0, 0.05) is 19.6 Å². The molecule has 0 aliphatic carbocycles. The van der Waals surface area contributed by atoms with Crippen LogP contribution < -0.4 is 5.32 Å². The summed E-state index contributed by atoms with van der Waals surface area (Å²) in [7, 11) is -2.33. The van der Waals surface area contributed by atoms with Crippen molar-refractivity contribution in [3.05, 3.63) is 0 Å². The van der Waals surface area contributed by atoms with Gasteiger partial charge in [0.15, 0.2) is 0 Å². The molecule has 2 atom stereocenters. The molecule has 0 fully saturated rings. The number of likely N-dealkylation sites (N-methyl/N-ethyl adjacent to an activating group) is 1. The predicted octanol–water partition coefficient (Wildman–Crippen LogP) is 0.999. The van der Waals surface area contributed by atoms with Gasteiger partial charge in [-0.2, -0.15) is 0 Å². The lowest BCUT2D eigenvalue weighted by Crippen LogP contribution is -2.18. The normalized spacial score (nSPS) is 15.8. The molecule has 8 nitrogen and oxygen atoms in total. The highest BCUT2D eigenvalue weighted by atomic mass is 31.2. The van der Waals surface area contributed by atoms with Crippen LogP contribution in [-0.4, -0.2) is 55.5 Å². The molecule has 0 bridgehead atoms. The van der Waals surface area contributed by atoms with E-state index in [1.807, 2.05) is 0 Å². The summed E-state index contributed by atoms with van der Waals surface area (Å²) >= 11 is 0. The molecular formula is C11H24NO7P. The number of carboxylic acids is 1. The van der Waals surface area contributed by atoms with E-state index in [1.165, 1.54) is 0 Å². The molecule has 0 aliphatic heterocycles. The molecule has 120 valence electrons. The SMILES string of the molecule is CNCCOP(=O)(O)OCC(C)OCCCCC(=O)O. The van der Waals surface area contributed by atoms with E-state index in [4.69, 9.17) is 18.9 Å². The highest BCUT2D eigenvalue weighted by Gasteiger charge is 2.21. The molecule has 0 rings (SSSR count). The molecule has 0 heterocycles. The minimum Gasteiger partial charge on any atom is -0.481 e. The maximum absolute atomic E-state index is 11.4. The van der Waals surface area contributed by atoms with Crippen LogP contribution >= 0.6 is 7.82 Å².